The minimum Gasteiger partial charge on any atom is -0.379 e. The Labute approximate surface area is 241 Å². The number of nitrogens with zero attached hydrogens (tertiary/aromatic N) is 3. The molecule has 12 heteroatoms. The third-order valence-corrected chi connectivity index (χ3v) is 7.70. The maximum absolute atomic E-state index is 13.6. The van der Waals surface area contributed by atoms with Gasteiger partial charge in [-0.25, -0.2) is 0 Å². The van der Waals surface area contributed by atoms with Gasteiger partial charge in [-0.05, 0) is 55.2 Å². The van der Waals surface area contributed by atoms with Gasteiger partial charge in [0, 0.05) is 44.3 Å². The molecule has 0 aromatic heterocycles. The van der Waals surface area contributed by atoms with Gasteiger partial charge in [-0.3, -0.25) is 14.6 Å². The summed E-state index contributed by atoms with van der Waals surface area (Å²) < 4.78 is 86.3. The average molecular weight is 597 g/mol. The minimum absolute atomic E-state index is 0.0293. The van der Waals surface area contributed by atoms with Crippen molar-refractivity contribution in [3.05, 3.63) is 69.8 Å². The topological polar surface area (TPSA) is 62.0 Å². The van der Waals surface area contributed by atoms with Crippen molar-refractivity contribution in [2.45, 2.75) is 44.8 Å². The third-order valence-electron chi connectivity index (χ3n) is 7.70. The number of morpholine rings is 1. The molecule has 2 N–H and O–H groups in total. The summed E-state index contributed by atoms with van der Waals surface area (Å²) in [6.07, 6.45) is -10.2. The first kappa shape index (κ1) is 31.8. The van der Waals surface area contributed by atoms with Crippen LogP contribution in [0.5, 0.6) is 0 Å². The molecule has 0 spiro atoms. The lowest BCUT2D eigenvalue weighted by Crippen LogP contribution is -2.56. The van der Waals surface area contributed by atoms with Gasteiger partial charge in [-0.1, -0.05) is 30.0 Å². The van der Waals surface area contributed by atoms with E-state index in [0.717, 1.165) is 16.7 Å². The van der Waals surface area contributed by atoms with Gasteiger partial charge in [-0.2, -0.15) is 26.3 Å². The molecular weight excluding hydrogens is 562 g/mol. The lowest BCUT2D eigenvalue weighted by molar-refractivity contribution is -0.143. The molecule has 2 aliphatic rings. The summed E-state index contributed by atoms with van der Waals surface area (Å²) in [6, 6.07) is 6.35. The van der Waals surface area contributed by atoms with Gasteiger partial charge < -0.3 is 15.4 Å². The van der Waals surface area contributed by atoms with Crippen LogP contribution in [0.3, 0.4) is 0 Å². The summed E-state index contributed by atoms with van der Waals surface area (Å²) in [5, 5.41) is 0. The second-order valence-electron chi connectivity index (χ2n) is 10.7. The number of halogens is 6. The number of hydrogen-bond donors (Lipinski definition) is 1. The molecule has 0 aliphatic carbocycles. The van der Waals surface area contributed by atoms with Crippen LogP contribution in [0.2, 0.25) is 0 Å². The summed E-state index contributed by atoms with van der Waals surface area (Å²) in [7, 11) is 0. The zero-order valence-corrected chi connectivity index (χ0v) is 23.5. The highest BCUT2D eigenvalue weighted by Gasteiger charge is 2.39. The number of carbonyl (C=O) groups excluding carboxylic acids is 1. The van der Waals surface area contributed by atoms with E-state index in [2.05, 4.69) is 11.8 Å². The van der Waals surface area contributed by atoms with Crippen LogP contribution in [0.4, 0.5) is 26.3 Å². The van der Waals surface area contributed by atoms with Crippen LogP contribution < -0.4 is 5.73 Å². The first-order chi connectivity index (χ1) is 19.7. The normalized spacial score (nSPS) is 19.7. The number of nitrogens with two attached hydrogens (primary N) is 1. The molecule has 4 rings (SSSR count). The van der Waals surface area contributed by atoms with E-state index < -0.39 is 47.2 Å². The number of ether oxygens (including phenoxy) is 1. The monoisotopic (exact) mass is 596 g/mol. The number of benzene rings is 2. The van der Waals surface area contributed by atoms with Gasteiger partial charge in [0.15, 0.2) is 0 Å². The fourth-order valence-corrected chi connectivity index (χ4v) is 5.16. The summed E-state index contributed by atoms with van der Waals surface area (Å²) in [4.78, 5) is 19.0. The Morgan fingerprint density at radius 1 is 0.952 bits per heavy atom. The summed E-state index contributed by atoms with van der Waals surface area (Å²) in [5.41, 5.74) is 5.53. The molecule has 6 nitrogen and oxygen atoms in total. The third kappa shape index (κ3) is 8.04. The molecular formula is C30H34F6N4O2. The first-order valence-corrected chi connectivity index (χ1v) is 13.7. The molecule has 2 aromatic rings. The van der Waals surface area contributed by atoms with Crippen molar-refractivity contribution in [2.75, 3.05) is 52.5 Å². The predicted molar refractivity (Wildman–Crippen MR) is 145 cm³/mol. The van der Waals surface area contributed by atoms with Crippen LogP contribution in [0.15, 0.2) is 36.4 Å². The van der Waals surface area contributed by atoms with Crippen LogP contribution in [0.1, 0.15) is 38.2 Å². The molecule has 2 heterocycles. The summed E-state index contributed by atoms with van der Waals surface area (Å²) >= 11 is 0. The Kier molecular flexibility index (Phi) is 9.88. The maximum Gasteiger partial charge on any atom is 0.416 e. The summed E-state index contributed by atoms with van der Waals surface area (Å²) in [6.45, 7) is 7.60. The molecule has 0 saturated carbocycles. The van der Waals surface area contributed by atoms with E-state index in [1.165, 1.54) is 4.90 Å². The van der Waals surface area contributed by atoms with Crippen LogP contribution in [0, 0.1) is 25.7 Å². The Bertz CT molecular complexity index is 1300. The van der Waals surface area contributed by atoms with E-state index in [9.17, 15) is 31.1 Å². The van der Waals surface area contributed by atoms with Crippen LogP contribution in [0.25, 0.3) is 0 Å². The van der Waals surface area contributed by atoms with E-state index in [0.29, 0.717) is 64.5 Å². The van der Waals surface area contributed by atoms with Crippen molar-refractivity contribution in [1.29, 1.82) is 0 Å². The van der Waals surface area contributed by atoms with E-state index >= 15 is 0 Å². The predicted octanol–water partition coefficient (Wildman–Crippen LogP) is 4.33. The minimum atomic E-state index is -5.05. The zero-order valence-electron chi connectivity index (χ0n) is 23.5. The molecule has 2 atom stereocenters. The van der Waals surface area contributed by atoms with E-state index in [1.807, 2.05) is 41.8 Å². The summed E-state index contributed by atoms with van der Waals surface area (Å²) in [5.74, 6) is 5.26. The lowest BCUT2D eigenvalue weighted by atomic mass is 9.97. The molecule has 2 fully saturated rings. The molecule has 2 aromatic carbocycles. The highest BCUT2D eigenvalue weighted by molar-refractivity contribution is 5.95. The van der Waals surface area contributed by atoms with Crippen LogP contribution >= 0.6 is 0 Å². The van der Waals surface area contributed by atoms with Gasteiger partial charge in [0.05, 0.1) is 30.9 Å². The van der Waals surface area contributed by atoms with Gasteiger partial charge in [0.25, 0.3) is 5.91 Å². The molecule has 42 heavy (non-hydrogen) atoms. The number of amides is 1. The smallest absolute Gasteiger partial charge is 0.379 e. The van der Waals surface area contributed by atoms with Gasteiger partial charge in [0.2, 0.25) is 0 Å². The standard InChI is InChI=1S/C30H34F6N4O2/c1-20-5-6-22(14-21(20)2)15-26-19-38(7-3-4-27(37)39-10-12-42-13-11-39)8-9-40(26)28(41)23-16-24(29(31,32)33)18-25(17-23)30(34,35)36/h5-6,14,16-18,26-27H,7-13,15,19,37H2,1-2H3/t26-,27?/m1/s1. The van der Waals surface area contributed by atoms with E-state index in [1.54, 1.807) is 0 Å². The Morgan fingerprint density at radius 3 is 2.19 bits per heavy atom. The van der Waals surface area contributed by atoms with Crippen molar-refractivity contribution < 1.29 is 35.9 Å². The number of rotatable bonds is 5. The quantitative estimate of drug-likeness (QED) is 0.412. The molecule has 2 aliphatic heterocycles. The lowest BCUT2D eigenvalue weighted by Gasteiger charge is -2.41. The Hall–Kier alpha value is -3.11. The average Bonchev–Trinajstić information content (AvgIpc) is 2.94. The molecule has 0 radical (unpaired) electrons. The fraction of sp³-hybridized carbons (Fsp3) is 0.500. The first-order valence-electron chi connectivity index (χ1n) is 13.7. The molecule has 228 valence electrons. The zero-order chi connectivity index (χ0) is 30.7. The Balaban J connectivity index is 1.58. The number of alkyl halides is 6. The second kappa shape index (κ2) is 13.0. The van der Waals surface area contributed by atoms with Gasteiger partial charge in [0.1, 0.15) is 6.17 Å². The SMILES string of the molecule is Cc1ccc(C[C@@H]2CN(CC#CC(N)N3CCOCC3)CCN2C(=O)c2cc(C(F)(F)F)cc(C(F)(F)F)c2)cc1C. The molecule has 1 amide bonds. The van der Waals surface area contributed by atoms with Gasteiger partial charge in [-0.15, -0.1) is 0 Å². The number of piperazine rings is 1. The van der Waals surface area contributed by atoms with E-state index in [4.69, 9.17) is 10.5 Å². The van der Waals surface area contributed by atoms with Crippen LogP contribution in [-0.4, -0.2) is 85.3 Å². The van der Waals surface area contributed by atoms with E-state index in [-0.39, 0.29) is 12.6 Å². The Morgan fingerprint density at radius 2 is 1.60 bits per heavy atom. The maximum atomic E-state index is 13.6. The molecule has 2 saturated heterocycles. The number of hydrogen-bond acceptors (Lipinski definition) is 5. The van der Waals surface area contributed by atoms with Crippen molar-refractivity contribution >= 4 is 5.91 Å². The molecule has 0 bridgehead atoms. The number of carbonyl (C=O) groups is 1. The van der Waals surface area contributed by atoms with Crippen LogP contribution in [-0.2, 0) is 23.5 Å². The van der Waals surface area contributed by atoms with Crippen molar-refractivity contribution in [1.82, 2.24) is 14.7 Å². The van der Waals surface area contributed by atoms with Crippen molar-refractivity contribution in [3.63, 3.8) is 0 Å². The highest BCUT2D eigenvalue weighted by atomic mass is 19.4. The molecule has 1 unspecified atom stereocenters. The second-order valence-corrected chi connectivity index (χ2v) is 10.7. The fourth-order valence-electron chi connectivity index (χ4n) is 5.16. The van der Waals surface area contributed by atoms with Crippen molar-refractivity contribution in [2.24, 2.45) is 5.73 Å². The van der Waals surface area contributed by atoms with Gasteiger partial charge >= 0.3 is 12.4 Å². The number of aryl methyl sites for hydroxylation is 2. The highest BCUT2D eigenvalue weighted by Crippen LogP contribution is 2.37. The largest absolute Gasteiger partial charge is 0.416 e. The van der Waals surface area contributed by atoms with Crippen molar-refractivity contribution in [3.8, 4) is 11.8 Å².